The van der Waals surface area contributed by atoms with Crippen LogP contribution in [0.3, 0.4) is 0 Å². The van der Waals surface area contributed by atoms with Gasteiger partial charge in [-0.25, -0.2) is 4.98 Å². The van der Waals surface area contributed by atoms with Gasteiger partial charge in [0.25, 0.3) is 5.91 Å². The van der Waals surface area contributed by atoms with Crippen molar-refractivity contribution in [2.45, 2.75) is 69.4 Å². The van der Waals surface area contributed by atoms with Crippen molar-refractivity contribution in [2.75, 3.05) is 11.9 Å². The third kappa shape index (κ3) is 5.73. The van der Waals surface area contributed by atoms with E-state index in [1.54, 1.807) is 0 Å². The monoisotopic (exact) mass is 438 g/mol. The number of amides is 1. The Labute approximate surface area is 177 Å². The van der Waals surface area contributed by atoms with Gasteiger partial charge in [-0.1, -0.05) is 19.6 Å². The predicted molar refractivity (Wildman–Crippen MR) is 121 cm³/mol. The number of anilines is 1. The fourth-order valence-corrected chi connectivity index (χ4v) is 4.83. The van der Waals surface area contributed by atoms with E-state index in [1.807, 2.05) is 16.8 Å². The zero-order valence-corrected chi connectivity index (χ0v) is 19.2. The lowest BCUT2D eigenvalue weighted by atomic mass is 9.94. The number of hydrogen-bond donors (Lipinski definition) is 2. The first-order valence-corrected chi connectivity index (χ1v) is 14.7. The summed E-state index contributed by atoms with van der Waals surface area (Å²) in [6, 6.07) is 3.25. The highest BCUT2D eigenvalue weighted by atomic mass is 32.2. The molecule has 29 heavy (non-hydrogen) atoms. The Morgan fingerprint density at radius 1 is 1.38 bits per heavy atom. The van der Waals surface area contributed by atoms with Crippen LogP contribution in [-0.4, -0.2) is 41.4 Å². The summed E-state index contributed by atoms with van der Waals surface area (Å²) in [5.74, 6) is -0.506. The van der Waals surface area contributed by atoms with Crippen molar-refractivity contribution in [1.29, 1.82) is 0 Å². The number of ether oxygens (including phenoxy) is 1. The minimum absolute atomic E-state index is 0.0792. The maximum atomic E-state index is 12.8. The predicted octanol–water partition coefficient (Wildman–Crippen LogP) is 4.79. The molecular formula is C20H31FN4O2SSi. The molecule has 0 aromatic carbocycles. The molecule has 2 heterocycles. The zero-order valence-electron chi connectivity index (χ0n) is 17.4. The summed E-state index contributed by atoms with van der Waals surface area (Å²) in [5.41, 5.74) is 7.47. The van der Waals surface area contributed by atoms with E-state index >= 15 is 0 Å². The van der Waals surface area contributed by atoms with Gasteiger partial charge in [0, 0.05) is 55.9 Å². The molecule has 0 atom stereocenters. The molecule has 0 saturated heterocycles. The molecule has 2 aromatic rings. The number of halogens is 1. The Balaban J connectivity index is 1.77. The highest BCUT2D eigenvalue weighted by Crippen LogP contribution is 2.33. The molecule has 0 spiro atoms. The van der Waals surface area contributed by atoms with Gasteiger partial charge >= 0.3 is 0 Å². The van der Waals surface area contributed by atoms with Gasteiger partial charge in [0.2, 0.25) is 0 Å². The Morgan fingerprint density at radius 3 is 2.72 bits per heavy atom. The summed E-state index contributed by atoms with van der Waals surface area (Å²) in [6.45, 7) is 8.13. The van der Waals surface area contributed by atoms with Crippen molar-refractivity contribution < 1.29 is 13.4 Å². The minimum atomic E-state index is -1.13. The van der Waals surface area contributed by atoms with Gasteiger partial charge in [-0.2, -0.15) is 3.89 Å². The van der Waals surface area contributed by atoms with E-state index in [0.29, 0.717) is 24.4 Å². The van der Waals surface area contributed by atoms with Crippen molar-refractivity contribution in [2.24, 2.45) is 5.73 Å². The molecule has 1 aliphatic carbocycles. The second-order valence-electron chi connectivity index (χ2n) is 8.99. The number of rotatable bonds is 9. The van der Waals surface area contributed by atoms with Gasteiger partial charge in [0.1, 0.15) is 12.4 Å². The molecule has 0 aliphatic heterocycles. The van der Waals surface area contributed by atoms with Crippen molar-refractivity contribution in [1.82, 2.24) is 9.55 Å². The van der Waals surface area contributed by atoms with Crippen LogP contribution in [0.25, 0.3) is 11.0 Å². The van der Waals surface area contributed by atoms with Crippen molar-refractivity contribution in [3.63, 3.8) is 0 Å². The summed E-state index contributed by atoms with van der Waals surface area (Å²) < 4.78 is 20.6. The lowest BCUT2D eigenvalue weighted by molar-refractivity contribution is 0.0899. The van der Waals surface area contributed by atoms with E-state index in [-0.39, 0.29) is 11.3 Å². The SMILES string of the molecule is C[Si](C)(C)CCOCn1ccc2c(NC3CCC(SF)CC3)c(C(N)=O)cnc21. The van der Waals surface area contributed by atoms with Gasteiger partial charge < -0.3 is 20.4 Å². The zero-order chi connectivity index (χ0) is 21.0. The highest BCUT2D eigenvalue weighted by Gasteiger charge is 2.24. The molecule has 3 rings (SSSR count). The lowest BCUT2D eigenvalue weighted by Gasteiger charge is -2.28. The summed E-state index contributed by atoms with van der Waals surface area (Å²) in [6.07, 6.45) is 6.84. The van der Waals surface area contributed by atoms with Gasteiger partial charge in [0.15, 0.2) is 0 Å². The van der Waals surface area contributed by atoms with Crippen LogP contribution < -0.4 is 11.1 Å². The molecule has 0 bridgehead atoms. The molecule has 1 aliphatic rings. The summed E-state index contributed by atoms with van der Waals surface area (Å²) >= 11 is 0.452. The summed E-state index contributed by atoms with van der Waals surface area (Å²) in [4.78, 5) is 16.4. The number of hydrogen-bond acceptors (Lipinski definition) is 5. The Morgan fingerprint density at radius 2 is 2.10 bits per heavy atom. The van der Waals surface area contributed by atoms with Gasteiger partial charge in [-0.15, -0.1) is 0 Å². The first kappa shape index (κ1) is 22.1. The van der Waals surface area contributed by atoms with Crippen LogP contribution in [0.2, 0.25) is 25.7 Å². The fourth-order valence-electron chi connectivity index (χ4n) is 3.63. The summed E-state index contributed by atoms with van der Waals surface area (Å²) in [7, 11) is -1.13. The number of nitrogens with zero attached hydrogens (tertiary/aromatic N) is 2. The van der Waals surface area contributed by atoms with E-state index in [4.69, 9.17) is 10.5 Å². The standard InChI is InChI=1S/C20H31FN4O2SSi/c1-29(2,3)11-10-27-13-25-9-8-16-18(17(19(22)26)12-23-20(16)25)24-14-4-6-15(28-21)7-5-14/h8-9,12,14-15H,4-7,10-11,13H2,1-3H3,(H2,22,26)(H,23,24). The molecule has 1 saturated carbocycles. The molecular weight excluding hydrogens is 407 g/mol. The summed E-state index contributed by atoms with van der Waals surface area (Å²) in [5, 5.41) is 4.44. The normalized spacial score (nSPS) is 20.1. The van der Waals surface area contributed by atoms with E-state index in [1.165, 1.54) is 6.20 Å². The molecule has 6 nitrogen and oxygen atoms in total. The molecule has 2 aromatic heterocycles. The molecule has 160 valence electrons. The van der Waals surface area contributed by atoms with Crippen LogP contribution in [0.5, 0.6) is 0 Å². The fraction of sp³-hybridized carbons (Fsp3) is 0.600. The number of pyridine rings is 1. The van der Waals surface area contributed by atoms with Gasteiger partial charge in [-0.05, 0) is 37.8 Å². The Bertz CT molecular complexity index is 847. The molecule has 9 heteroatoms. The Kier molecular flexibility index (Phi) is 7.23. The number of nitrogens with one attached hydrogen (secondary N) is 1. The number of carbonyl (C=O) groups excluding carboxylic acids is 1. The van der Waals surface area contributed by atoms with E-state index < -0.39 is 14.0 Å². The number of carbonyl (C=O) groups is 1. The number of primary amides is 1. The maximum Gasteiger partial charge on any atom is 0.252 e. The first-order valence-electron chi connectivity index (χ1n) is 10.2. The van der Waals surface area contributed by atoms with Crippen LogP contribution in [-0.2, 0) is 11.5 Å². The van der Waals surface area contributed by atoms with Crippen molar-refractivity contribution in [3.05, 3.63) is 24.0 Å². The third-order valence-corrected chi connectivity index (χ3v) is 7.86. The average Bonchev–Trinajstić information content (AvgIpc) is 3.08. The van der Waals surface area contributed by atoms with Crippen LogP contribution in [0, 0.1) is 0 Å². The first-order chi connectivity index (χ1) is 13.8. The van der Waals surface area contributed by atoms with E-state index in [0.717, 1.165) is 55.1 Å². The number of fused-ring (bicyclic) bond motifs is 1. The molecule has 0 radical (unpaired) electrons. The molecule has 1 fully saturated rings. The minimum Gasteiger partial charge on any atom is -0.381 e. The number of nitrogens with two attached hydrogens (primary N) is 1. The molecule has 0 unspecified atom stereocenters. The van der Waals surface area contributed by atoms with E-state index in [2.05, 4.69) is 29.9 Å². The van der Waals surface area contributed by atoms with Crippen LogP contribution in [0.15, 0.2) is 18.5 Å². The molecule has 1 amide bonds. The van der Waals surface area contributed by atoms with Crippen LogP contribution in [0.1, 0.15) is 36.0 Å². The third-order valence-electron chi connectivity index (χ3n) is 5.43. The van der Waals surface area contributed by atoms with Crippen molar-refractivity contribution >= 4 is 42.8 Å². The quantitative estimate of drug-likeness (QED) is 0.434. The van der Waals surface area contributed by atoms with Gasteiger partial charge in [-0.3, -0.25) is 4.79 Å². The van der Waals surface area contributed by atoms with E-state index in [9.17, 15) is 8.68 Å². The highest BCUT2D eigenvalue weighted by molar-refractivity contribution is 7.94. The largest absolute Gasteiger partial charge is 0.381 e. The van der Waals surface area contributed by atoms with Crippen LogP contribution >= 0.6 is 12.1 Å². The Hall–Kier alpha value is -1.58. The second kappa shape index (κ2) is 9.49. The van der Waals surface area contributed by atoms with Crippen molar-refractivity contribution in [3.8, 4) is 0 Å². The van der Waals surface area contributed by atoms with Crippen LogP contribution in [0.4, 0.5) is 9.57 Å². The topological polar surface area (TPSA) is 82.2 Å². The number of aromatic nitrogens is 2. The maximum absolute atomic E-state index is 12.8. The lowest BCUT2D eigenvalue weighted by Crippen LogP contribution is -2.28. The van der Waals surface area contributed by atoms with Gasteiger partial charge in [0.05, 0.1) is 11.3 Å². The molecule has 3 N–H and O–H groups in total. The second-order valence-corrected chi connectivity index (χ2v) is 15.5. The smallest absolute Gasteiger partial charge is 0.252 e. The average molecular weight is 439 g/mol.